The lowest BCUT2D eigenvalue weighted by molar-refractivity contribution is 0.414. The molecule has 8 heteroatoms. The van der Waals surface area contributed by atoms with Gasteiger partial charge in [0.25, 0.3) is 0 Å². The van der Waals surface area contributed by atoms with Crippen molar-refractivity contribution in [3.05, 3.63) is 72.8 Å². The van der Waals surface area contributed by atoms with Gasteiger partial charge in [-0.15, -0.1) is 20.4 Å². The summed E-state index contributed by atoms with van der Waals surface area (Å²) in [7, 11) is 3.24. The zero-order valence-electron chi connectivity index (χ0n) is 17.4. The van der Waals surface area contributed by atoms with Gasteiger partial charge in [0.1, 0.15) is 11.5 Å². The van der Waals surface area contributed by atoms with Crippen LogP contribution in [0.25, 0.3) is 45.8 Å². The molecule has 158 valence electrons. The van der Waals surface area contributed by atoms with Crippen molar-refractivity contribution in [3.8, 4) is 57.3 Å². The lowest BCUT2D eigenvalue weighted by Crippen LogP contribution is -1.82. The Labute approximate surface area is 183 Å². The molecule has 8 nitrogen and oxygen atoms in total. The van der Waals surface area contributed by atoms with E-state index in [1.54, 1.807) is 14.2 Å². The second kappa shape index (κ2) is 8.35. The summed E-state index contributed by atoms with van der Waals surface area (Å²) in [5.74, 6) is 3.16. The highest BCUT2D eigenvalue weighted by molar-refractivity contribution is 5.66. The van der Waals surface area contributed by atoms with Crippen LogP contribution < -0.4 is 9.47 Å². The van der Waals surface area contributed by atoms with Gasteiger partial charge in [0.15, 0.2) is 0 Å². The Balaban J connectivity index is 1.40. The molecule has 0 aliphatic rings. The van der Waals surface area contributed by atoms with Gasteiger partial charge < -0.3 is 18.3 Å². The Hall–Kier alpha value is -4.46. The molecule has 2 aromatic heterocycles. The van der Waals surface area contributed by atoms with Crippen LogP contribution in [0.4, 0.5) is 0 Å². The molecular weight excluding hydrogens is 408 g/mol. The van der Waals surface area contributed by atoms with Crippen molar-refractivity contribution in [1.82, 2.24) is 20.4 Å². The van der Waals surface area contributed by atoms with E-state index in [2.05, 4.69) is 20.4 Å². The summed E-state index contributed by atoms with van der Waals surface area (Å²) in [6.45, 7) is 0. The van der Waals surface area contributed by atoms with E-state index in [9.17, 15) is 0 Å². The van der Waals surface area contributed by atoms with Crippen molar-refractivity contribution in [2.45, 2.75) is 0 Å². The zero-order valence-corrected chi connectivity index (χ0v) is 17.4. The van der Waals surface area contributed by atoms with E-state index in [0.29, 0.717) is 23.6 Å². The fourth-order valence-corrected chi connectivity index (χ4v) is 3.17. The lowest BCUT2D eigenvalue weighted by Gasteiger charge is -2.00. The first-order chi connectivity index (χ1) is 15.7. The van der Waals surface area contributed by atoms with Crippen molar-refractivity contribution < 1.29 is 18.3 Å². The minimum Gasteiger partial charge on any atom is -0.497 e. The van der Waals surface area contributed by atoms with E-state index < -0.39 is 0 Å². The van der Waals surface area contributed by atoms with E-state index in [0.717, 1.165) is 33.8 Å². The Bertz CT molecular complexity index is 1240. The molecule has 0 radical (unpaired) electrons. The highest BCUT2D eigenvalue weighted by atomic mass is 16.5. The lowest BCUT2D eigenvalue weighted by atomic mass is 10.1. The van der Waals surface area contributed by atoms with Crippen molar-refractivity contribution in [3.63, 3.8) is 0 Å². The number of hydrogen-bond acceptors (Lipinski definition) is 8. The molecule has 0 spiro atoms. The summed E-state index contributed by atoms with van der Waals surface area (Å²) >= 11 is 0. The number of aromatic nitrogens is 4. The third-order valence-electron chi connectivity index (χ3n) is 4.88. The molecular formula is C24H18N4O4. The standard InChI is InChI=1S/C24H18N4O4/c1-29-19-10-6-15(7-11-19)21-25-27-23(31-21)17-4-3-5-18(14-17)24-28-26-22(32-24)16-8-12-20(30-2)13-9-16/h3-14H,1-2H3. The van der Waals surface area contributed by atoms with Gasteiger partial charge >= 0.3 is 0 Å². The van der Waals surface area contributed by atoms with Crippen molar-refractivity contribution in [1.29, 1.82) is 0 Å². The van der Waals surface area contributed by atoms with Crippen molar-refractivity contribution >= 4 is 0 Å². The molecule has 0 fully saturated rings. The van der Waals surface area contributed by atoms with Crippen LogP contribution in [-0.4, -0.2) is 34.6 Å². The smallest absolute Gasteiger partial charge is 0.248 e. The topological polar surface area (TPSA) is 96.3 Å². The van der Waals surface area contributed by atoms with Crippen molar-refractivity contribution in [2.24, 2.45) is 0 Å². The summed E-state index contributed by atoms with van der Waals surface area (Å²) < 4.78 is 22.1. The molecule has 0 aliphatic heterocycles. The van der Waals surface area contributed by atoms with Crippen LogP contribution in [0, 0.1) is 0 Å². The van der Waals surface area contributed by atoms with Gasteiger partial charge in [-0.05, 0) is 66.7 Å². The third kappa shape index (κ3) is 3.81. The zero-order chi connectivity index (χ0) is 21.9. The quantitative estimate of drug-likeness (QED) is 0.368. The van der Waals surface area contributed by atoms with Crippen LogP contribution in [-0.2, 0) is 0 Å². The van der Waals surface area contributed by atoms with Crippen LogP contribution in [0.3, 0.4) is 0 Å². The molecule has 5 aromatic rings. The maximum Gasteiger partial charge on any atom is 0.248 e. The summed E-state index contributed by atoms with van der Waals surface area (Å²) in [5, 5.41) is 16.7. The first-order valence-corrected chi connectivity index (χ1v) is 9.80. The molecule has 0 saturated carbocycles. The number of methoxy groups -OCH3 is 2. The minimum absolute atomic E-state index is 0.396. The molecule has 5 rings (SSSR count). The van der Waals surface area contributed by atoms with Gasteiger partial charge in [-0.1, -0.05) is 6.07 Å². The normalized spacial score (nSPS) is 10.8. The van der Waals surface area contributed by atoms with Gasteiger partial charge in [-0.2, -0.15) is 0 Å². The van der Waals surface area contributed by atoms with E-state index in [-0.39, 0.29) is 0 Å². The fraction of sp³-hybridized carbons (Fsp3) is 0.0833. The number of hydrogen-bond donors (Lipinski definition) is 0. The third-order valence-corrected chi connectivity index (χ3v) is 4.88. The van der Waals surface area contributed by atoms with Crippen molar-refractivity contribution in [2.75, 3.05) is 14.2 Å². The van der Waals surface area contributed by atoms with E-state index in [1.807, 2.05) is 72.8 Å². The maximum absolute atomic E-state index is 5.87. The summed E-state index contributed by atoms with van der Waals surface area (Å²) in [4.78, 5) is 0. The largest absolute Gasteiger partial charge is 0.497 e. The highest BCUT2D eigenvalue weighted by Crippen LogP contribution is 2.30. The maximum atomic E-state index is 5.87. The van der Waals surface area contributed by atoms with Crippen LogP contribution in [0.1, 0.15) is 0 Å². The van der Waals surface area contributed by atoms with E-state index in [1.165, 1.54) is 0 Å². The molecule has 0 aliphatic carbocycles. The summed E-state index contributed by atoms with van der Waals surface area (Å²) in [6, 6.07) is 22.4. The van der Waals surface area contributed by atoms with Gasteiger partial charge in [0.05, 0.1) is 14.2 Å². The van der Waals surface area contributed by atoms with Gasteiger partial charge in [-0.3, -0.25) is 0 Å². The average molecular weight is 426 g/mol. The molecule has 0 amide bonds. The monoisotopic (exact) mass is 426 g/mol. The number of nitrogens with zero attached hydrogens (tertiary/aromatic N) is 4. The van der Waals surface area contributed by atoms with Gasteiger partial charge in [0.2, 0.25) is 23.6 Å². The average Bonchev–Trinajstić information content (AvgIpc) is 3.55. The highest BCUT2D eigenvalue weighted by Gasteiger charge is 2.15. The predicted octanol–water partition coefficient (Wildman–Crippen LogP) is 5.14. The molecule has 0 saturated heterocycles. The Morgan fingerprint density at radius 2 is 0.875 bits per heavy atom. The fourth-order valence-electron chi connectivity index (χ4n) is 3.17. The van der Waals surface area contributed by atoms with Gasteiger partial charge in [0, 0.05) is 22.3 Å². The molecule has 0 atom stereocenters. The predicted molar refractivity (Wildman–Crippen MR) is 117 cm³/mol. The first-order valence-electron chi connectivity index (χ1n) is 9.80. The number of benzene rings is 3. The van der Waals surface area contributed by atoms with Crippen LogP contribution in [0.5, 0.6) is 11.5 Å². The molecule has 0 bridgehead atoms. The molecule has 32 heavy (non-hydrogen) atoms. The summed E-state index contributed by atoms with van der Waals surface area (Å²) in [5.41, 5.74) is 3.11. The number of ether oxygens (including phenoxy) is 2. The van der Waals surface area contributed by atoms with Crippen LogP contribution in [0.2, 0.25) is 0 Å². The second-order valence-corrected chi connectivity index (χ2v) is 6.86. The SMILES string of the molecule is COc1ccc(-c2nnc(-c3cccc(-c4nnc(-c5ccc(OC)cc5)o4)c3)o2)cc1. The molecule has 0 unspecified atom stereocenters. The van der Waals surface area contributed by atoms with E-state index in [4.69, 9.17) is 18.3 Å². The molecule has 2 heterocycles. The number of rotatable bonds is 6. The second-order valence-electron chi connectivity index (χ2n) is 6.86. The summed E-state index contributed by atoms with van der Waals surface area (Å²) in [6.07, 6.45) is 0. The molecule has 3 aromatic carbocycles. The van der Waals surface area contributed by atoms with Crippen LogP contribution in [0.15, 0.2) is 81.6 Å². The first kappa shape index (κ1) is 19.5. The van der Waals surface area contributed by atoms with Gasteiger partial charge in [-0.25, -0.2) is 0 Å². The van der Waals surface area contributed by atoms with E-state index >= 15 is 0 Å². The Kier molecular flexibility index (Phi) is 5.09. The Morgan fingerprint density at radius 1 is 0.500 bits per heavy atom. The van der Waals surface area contributed by atoms with Crippen LogP contribution >= 0.6 is 0 Å². The molecule has 0 N–H and O–H groups in total. The minimum atomic E-state index is 0.396. The Morgan fingerprint density at radius 3 is 1.25 bits per heavy atom.